The summed E-state index contributed by atoms with van der Waals surface area (Å²) in [6.45, 7) is 4.93. The third-order valence-electron chi connectivity index (χ3n) is 2.05. The van der Waals surface area contributed by atoms with Crippen molar-refractivity contribution in [3.8, 4) is 0 Å². The summed E-state index contributed by atoms with van der Waals surface area (Å²) in [5, 5.41) is 2.91. The molecule has 1 atom stereocenters. The minimum Gasteiger partial charge on any atom is -0.326 e. The standard InChI is InChI=1S/C9H19F3N2/c1-7(2)8(13)6-14-5-3-4-9(10,11)12/h7-8,14H,3-6,13H2,1-2H3. The SMILES string of the molecule is CC(C)C(N)CNCCCC(F)(F)F. The molecule has 5 heteroatoms. The molecule has 0 bridgehead atoms. The zero-order chi connectivity index (χ0) is 11.2. The van der Waals surface area contributed by atoms with E-state index in [1.165, 1.54) is 0 Å². The van der Waals surface area contributed by atoms with Crippen LogP contribution in [-0.4, -0.2) is 25.3 Å². The Morgan fingerprint density at radius 3 is 2.29 bits per heavy atom. The lowest BCUT2D eigenvalue weighted by molar-refractivity contribution is -0.135. The third kappa shape index (κ3) is 8.31. The van der Waals surface area contributed by atoms with Crippen LogP contribution in [0.4, 0.5) is 13.2 Å². The molecular formula is C9H19F3N2. The first kappa shape index (κ1) is 13.7. The van der Waals surface area contributed by atoms with E-state index in [1.54, 1.807) is 0 Å². The Morgan fingerprint density at radius 2 is 1.86 bits per heavy atom. The molecule has 0 aliphatic carbocycles. The summed E-state index contributed by atoms with van der Waals surface area (Å²) in [4.78, 5) is 0. The molecular weight excluding hydrogens is 193 g/mol. The average Bonchev–Trinajstić information content (AvgIpc) is 2.01. The van der Waals surface area contributed by atoms with Crippen molar-refractivity contribution >= 4 is 0 Å². The van der Waals surface area contributed by atoms with Crippen LogP contribution in [0.3, 0.4) is 0 Å². The number of hydrogen-bond acceptors (Lipinski definition) is 2. The molecule has 0 aliphatic heterocycles. The van der Waals surface area contributed by atoms with Crippen LogP contribution >= 0.6 is 0 Å². The lowest BCUT2D eigenvalue weighted by Crippen LogP contribution is -2.38. The van der Waals surface area contributed by atoms with Crippen molar-refractivity contribution < 1.29 is 13.2 Å². The molecule has 1 unspecified atom stereocenters. The van der Waals surface area contributed by atoms with Gasteiger partial charge in [0.2, 0.25) is 0 Å². The lowest BCUT2D eigenvalue weighted by Gasteiger charge is -2.16. The molecule has 3 N–H and O–H groups in total. The van der Waals surface area contributed by atoms with Gasteiger partial charge < -0.3 is 11.1 Å². The Kier molecular flexibility index (Phi) is 6.11. The second-order valence-corrected chi connectivity index (χ2v) is 3.83. The maximum atomic E-state index is 11.7. The molecule has 86 valence electrons. The number of hydrogen-bond donors (Lipinski definition) is 2. The van der Waals surface area contributed by atoms with Crippen molar-refractivity contribution in [1.29, 1.82) is 0 Å². The van der Waals surface area contributed by atoms with Crippen LogP contribution in [0.25, 0.3) is 0 Å². The van der Waals surface area contributed by atoms with Crippen molar-refractivity contribution in [2.45, 2.75) is 38.9 Å². The van der Waals surface area contributed by atoms with Gasteiger partial charge in [0.05, 0.1) is 0 Å². The average molecular weight is 212 g/mol. The van der Waals surface area contributed by atoms with Crippen LogP contribution in [-0.2, 0) is 0 Å². The number of alkyl halides is 3. The number of nitrogens with two attached hydrogens (primary N) is 1. The Bertz CT molecular complexity index is 145. The van der Waals surface area contributed by atoms with E-state index in [1.807, 2.05) is 13.8 Å². The molecule has 0 aromatic carbocycles. The predicted molar refractivity (Wildman–Crippen MR) is 51.0 cm³/mol. The lowest BCUT2D eigenvalue weighted by atomic mass is 10.1. The fourth-order valence-electron chi connectivity index (χ4n) is 0.918. The smallest absolute Gasteiger partial charge is 0.326 e. The number of nitrogens with one attached hydrogen (secondary N) is 1. The monoisotopic (exact) mass is 212 g/mol. The van der Waals surface area contributed by atoms with Crippen LogP contribution in [0, 0.1) is 5.92 Å². The molecule has 0 radical (unpaired) electrons. The highest BCUT2D eigenvalue weighted by Gasteiger charge is 2.25. The second-order valence-electron chi connectivity index (χ2n) is 3.83. The van der Waals surface area contributed by atoms with Crippen molar-refractivity contribution in [3.63, 3.8) is 0 Å². The summed E-state index contributed by atoms with van der Waals surface area (Å²) in [7, 11) is 0. The van der Waals surface area contributed by atoms with E-state index in [9.17, 15) is 13.2 Å². The minimum absolute atomic E-state index is 0.0147. The summed E-state index contributed by atoms with van der Waals surface area (Å²) in [6, 6.07) is 0.0147. The van der Waals surface area contributed by atoms with Gasteiger partial charge in [-0.1, -0.05) is 13.8 Å². The third-order valence-corrected chi connectivity index (χ3v) is 2.05. The molecule has 0 rings (SSSR count). The second kappa shape index (κ2) is 6.24. The molecule has 0 heterocycles. The molecule has 0 saturated heterocycles. The van der Waals surface area contributed by atoms with E-state index >= 15 is 0 Å². The topological polar surface area (TPSA) is 38.0 Å². The van der Waals surface area contributed by atoms with Gasteiger partial charge >= 0.3 is 6.18 Å². The highest BCUT2D eigenvalue weighted by molar-refractivity contribution is 4.68. The van der Waals surface area contributed by atoms with Gasteiger partial charge in [-0.3, -0.25) is 0 Å². The van der Waals surface area contributed by atoms with Gasteiger partial charge in [0, 0.05) is 19.0 Å². The normalized spacial score (nSPS) is 14.8. The molecule has 14 heavy (non-hydrogen) atoms. The quantitative estimate of drug-likeness (QED) is 0.660. The van der Waals surface area contributed by atoms with Crippen LogP contribution in [0.5, 0.6) is 0 Å². The van der Waals surface area contributed by atoms with Gasteiger partial charge in [0.15, 0.2) is 0 Å². The maximum Gasteiger partial charge on any atom is 0.389 e. The Morgan fingerprint density at radius 1 is 1.29 bits per heavy atom. The molecule has 0 fully saturated rings. The van der Waals surface area contributed by atoms with E-state index in [4.69, 9.17) is 5.73 Å². The molecule has 2 nitrogen and oxygen atoms in total. The van der Waals surface area contributed by atoms with E-state index in [0.29, 0.717) is 19.0 Å². The molecule has 0 amide bonds. The van der Waals surface area contributed by atoms with Crippen molar-refractivity contribution in [2.24, 2.45) is 11.7 Å². The van der Waals surface area contributed by atoms with Crippen molar-refractivity contribution in [2.75, 3.05) is 13.1 Å². The van der Waals surface area contributed by atoms with Crippen LogP contribution in [0.15, 0.2) is 0 Å². The Hall–Kier alpha value is -0.290. The van der Waals surface area contributed by atoms with Crippen LogP contribution in [0.1, 0.15) is 26.7 Å². The minimum atomic E-state index is -4.04. The number of rotatable bonds is 6. The Balaban J connectivity index is 3.30. The van der Waals surface area contributed by atoms with Crippen LogP contribution in [0.2, 0.25) is 0 Å². The first-order valence-corrected chi connectivity index (χ1v) is 4.86. The summed E-state index contributed by atoms with van der Waals surface area (Å²) in [5.41, 5.74) is 5.70. The van der Waals surface area contributed by atoms with Gasteiger partial charge in [-0.2, -0.15) is 13.2 Å². The Labute approximate surface area is 83.0 Å². The van der Waals surface area contributed by atoms with E-state index in [2.05, 4.69) is 5.32 Å². The van der Waals surface area contributed by atoms with E-state index in [-0.39, 0.29) is 12.5 Å². The summed E-state index contributed by atoms with van der Waals surface area (Å²) in [6.07, 6.45) is -4.65. The van der Waals surface area contributed by atoms with Gasteiger partial charge in [0.25, 0.3) is 0 Å². The van der Waals surface area contributed by atoms with Crippen molar-refractivity contribution in [3.05, 3.63) is 0 Å². The molecule has 0 aliphatic rings. The highest BCUT2D eigenvalue weighted by atomic mass is 19.4. The maximum absolute atomic E-state index is 11.7. The molecule has 0 spiro atoms. The zero-order valence-electron chi connectivity index (χ0n) is 8.69. The van der Waals surface area contributed by atoms with E-state index < -0.39 is 12.6 Å². The van der Waals surface area contributed by atoms with Gasteiger partial charge in [-0.25, -0.2) is 0 Å². The number of halogens is 3. The fourth-order valence-corrected chi connectivity index (χ4v) is 0.918. The van der Waals surface area contributed by atoms with Crippen LogP contribution < -0.4 is 11.1 Å². The van der Waals surface area contributed by atoms with Gasteiger partial charge in [-0.15, -0.1) is 0 Å². The van der Waals surface area contributed by atoms with E-state index in [0.717, 1.165) is 0 Å². The van der Waals surface area contributed by atoms with Crippen molar-refractivity contribution in [1.82, 2.24) is 5.32 Å². The first-order chi connectivity index (χ1) is 6.33. The molecule has 0 aromatic heterocycles. The highest BCUT2D eigenvalue weighted by Crippen LogP contribution is 2.20. The summed E-state index contributed by atoms with van der Waals surface area (Å²) >= 11 is 0. The first-order valence-electron chi connectivity index (χ1n) is 4.86. The molecule has 0 saturated carbocycles. The predicted octanol–water partition coefficient (Wildman–Crippen LogP) is 1.90. The van der Waals surface area contributed by atoms with Gasteiger partial charge in [0.1, 0.15) is 0 Å². The molecule has 0 aromatic rings. The van der Waals surface area contributed by atoms with Gasteiger partial charge in [-0.05, 0) is 18.9 Å². The summed E-state index contributed by atoms with van der Waals surface area (Å²) < 4.78 is 35.2. The largest absolute Gasteiger partial charge is 0.389 e. The summed E-state index contributed by atoms with van der Waals surface area (Å²) in [5.74, 6) is 0.352. The zero-order valence-corrected chi connectivity index (χ0v) is 8.69. The fraction of sp³-hybridized carbons (Fsp3) is 1.00.